The summed E-state index contributed by atoms with van der Waals surface area (Å²) in [5.74, 6) is 0. The van der Waals surface area contributed by atoms with Gasteiger partial charge in [-0.2, -0.15) is 0 Å². The molecule has 0 bridgehead atoms. The van der Waals surface area contributed by atoms with Crippen molar-refractivity contribution >= 4 is 65.4 Å². The number of para-hydroxylation sites is 3. The van der Waals surface area contributed by atoms with Crippen molar-refractivity contribution in [1.82, 2.24) is 9.55 Å². The van der Waals surface area contributed by atoms with Gasteiger partial charge in [-0.1, -0.05) is 97.1 Å². The molecule has 0 saturated carbocycles. The Hall–Kier alpha value is -6.19. The van der Waals surface area contributed by atoms with Gasteiger partial charge in [0.25, 0.3) is 0 Å². The fourth-order valence-electron chi connectivity index (χ4n) is 7.24. The maximum absolute atomic E-state index is 6.13. The summed E-state index contributed by atoms with van der Waals surface area (Å²) in [6.07, 6.45) is 0. The standard InChI is InChI=1S/C43H26N2O/c1-2-10-30(11-3-1)45-39-21-18-27(28-20-23-42-37(25-28)33-14-7-9-17-41(33)46-42)24-35(39)36-26-29(19-22-40(36)45)43-34-15-5-4-12-31(34)32-13-6-8-16-38(32)44-43/h1-26H. The van der Waals surface area contributed by atoms with E-state index in [9.17, 15) is 0 Å². The Balaban J connectivity index is 1.24. The van der Waals surface area contributed by atoms with Crippen LogP contribution in [-0.2, 0) is 0 Å². The van der Waals surface area contributed by atoms with Gasteiger partial charge in [-0.15, -0.1) is 0 Å². The summed E-state index contributed by atoms with van der Waals surface area (Å²) >= 11 is 0. The van der Waals surface area contributed by atoms with Crippen molar-refractivity contribution in [1.29, 1.82) is 0 Å². The SMILES string of the molecule is c1ccc(-n2c3ccc(-c4ccc5oc6ccccc6c5c4)cc3c3cc(-c4nc5ccccc5c5ccccc45)ccc32)cc1. The van der Waals surface area contributed by atoms with Gasteiger partial charge in [-0.3, -0.25) is 0 Å². The van der Waals surface area contributed by atoms with Gasteiger partial charge >= 0.3 is 0 Å². The van der Waals surface area contributed by atoms with Crippen LogP contribution in [0.25, 0.3) is 93.5 Å². The first-order valence-corrected chi connectivity index (χ1v) is 15.6. The average Bonchev–Trinajstić information content (AvgIpc) is 3.66. The molecular weight excluding hydrogens is 560 g/mol. The molecule has 3 nitrogen and oxygen atoms in total. The molecule has 0 radical (unpaired) electrons. The van der Waals surface area contributed by atoms with E-state index in [1.165, 1.54) is 43.7 Å². The molecule has 0 unspecified atom stereocenters. The van der Waals surface area contributed by atoms with Crippen LogP contribution in [-0.4, -0.2) is 9.55 Å². The van der Waals surface area contributed by atoms with Crippen molar-refractivity contribution in [2.24, 2.45) is 0 Å². The fraction of sp³-hybridized carbons (Fsp3) is 0. The molecule has 0 amide bonds. The maximum Gasteiger partial charge on any atom is 0.135 e. The van der Waals surface area contributed by atoms with Gasteiger partial charge in [-0.25, -0.2) is 4.98 Å². The number of furan rings is 1. The third-order valence-corrected chi connectivity index (χ3v) is 9.37. The van der Waals surface area contributed by atoms with Gasteiger partial charge in [0.05, 0.1) is 22.2 Å². The van der Waals surface area contributed by atoms with E-state index in [0.29, 0.717) is 0 Å². The second-order valence-electron chi connectivity index (χ2n) is 12.0. The number of benzene rings is 7. The summed E-state index contributed by atoms with van der Waals surface area (Å²) in [6.45, 7) is 0. The molecule has 0 fully saturated rings. The smallest absolute Gasteiger partial charge is 0.135 e. The van der Waals surface area contributed by atoms with Crippen molar-refractivity contribution in [2.75, 3.05) is 0 Å². The summed E-state index contributed by atoms with van der Waals surface area (Å²) in [5, 5.41) is 8.24. The summed E-state index contributed by atoms with van der Waals surface area (Å²) in [7, 11) is 0. The van der Waals surface area contributed by atoms with E-state index in [2.05, 4.69) is 150 Å². The van der Waals surface area contributed by atoms with Gasteiger partial charge in [0.2, 0.25) is 0 Å². The Morgan fingerprint density at radius 3 is 1.76 bits per heavy atom. The maximum atomic E-state index is 6.13. The summed E-state index contributed by atoms with van der Waals surface area (Å²) in [6, 6.07) is 56.1. The van der Waals surface area contributed by atoms with Crippen LogP contribution in [0.5, 0.6) is 0 Å². The first kappa shape index (κ1) is 25.2. The van der Waals surface area contributed by atoms with Crippen molar-refractivity contribution in [3.63, 3.8) is 0 Å². The molecule has 0 saturated heterocycles. The van der Waals surface area contributed by atoms with E-state index in [4.69, 9.17) is 9.40 Å². The zero-order valence-corrected chi connectivity index (χ0v) is 24.8. The Morgan fingerprint density at radius 2 is 0.957 bits per heavy atom. The minimum absolute atomic E-state index is 0.909. The number of aromatic nitrogens is 2. The molecular formula is C43H26N2O. The third-order valence-electron chi connectivity index (χ3n) is 9.37. The zero-order chi connectivity index (χ0) is 30.2. The first-order chi connectivity index (χ1) is 22.8. The topological polar surface area (TPSA) is 31.0 Å². The lowest BCUT2D eigenvalue weighted by Gasteiger charge is -2.11. The number of nitrogens with zero attached hydrogens (tertiary/aromatic N) is 2. The molecule has 0 aliphatic heterocycles. The van der Waals surface area contributed by atoms with E-state index >= 15 is 0 Å². The molecule has 0 aliphatic carbocycles. The molecule has 10 rings (SSSR count). The van der Waals surface area contributed by atoms with Crippen LogP contribution in [0.1, 0.15) is 0 Å². The predicted molar refractivity (Wildman–Crippen MR) is 192 cm³/mol. The lowest BCUT2D eigenvalue weighted by molar-refractivity contribution is 0.669. The molecule has 7 aromatic carbocycles. The molecule has 10 aromatic rings. The van der Waals surface area contributed by atoms with Crippen LogP contribution >= 0.6 is 0 Å². The fourth-order valence-corrected chi connectivity index (χ4v) is 7.24. The van der Waals surface area contributed by atoms with Gasteiger partial charge in [0.15, 0.2) is 0 Å². The van der Waals surface area contributed by atoms with Crippen LogP contribution in [0.3, 0.4) is 0 Å². The zero-order valence-electron chi connectivity index (χ0n) is 24.8. The Bertz CT molecular complexity index is 2800. The van der Waals surface area contributed by atoms with Gasteiger partial charge in [-0.05, 0) is 77.2 Å². The molecule has 3 heteroatoms. The lowest BCUT2D eigenvalue weighted by atomic mass is 9.98. The third kappa shape index (κ3) is 3.69. The van der Waals surface area contributed by atoms with Crippen molar-refractivity contribution in [3.8, 4) is 28.1 Å². The van der Waals surface area contributed by atoms with E-state index in [1.807, 2.05) is 12.1 Å². The normalized spacial score (nSPS) is 11.9. The van der Waals surface area contributed by atoms with E-state index in [1.54, 1.807) is 0 Å². The van der Waals surface area contributed by atoms with E-state index < -0.39 is 0 Å². The van der Waals surface area contributed by atoms with E-state index in [0.717, 1.165) is 49.8 Å². The molecule has 0 atom stereocenters. The number of hydrogen-bond acceptors (Lipinski definition) is 2. The van der Waals surface area contributed by atoms with Crippen LogP contribution in [0, 0.1) is 0 Å². The van der Waals surface area contributed by atoms with Crippen molar-refractivity contribution < 1.29 is 4.42 Å². The quantitative estimate of drug-likeness (QED) is 0.193. The highest BCUT2D eigenvalue weighted by Crippen LogP contribution is 2.40. The lowest BCUT2D eigenvalue weighted by Crippen LogP contribution is -1.93. The van der Waals surface area contributed by atoms with Gasteiger partial charge in [0, 0.05) is 43.6 Å². The first-order valence-electron chi connectivity index (χ1n) is 15.6. The molecule has 0 aliphatic rings. The Labute approximate surface area is 264 Å². The van der Waals surface area contributed by atoms with Crippen LogP contribution < -0.4 is 0 Å². The summed E-state index contributed by atoms with van der Waals surface area (Å²) in [5.41, 5.74) is 10.8. The monoisotopic (exact) mass is 586 g/mol. The van der Waals surface area contributed by atoms with E-state index in [-0.39, 0.29) is 0 Å². The second kappa shape index (κ2) is 9.65. The second-order valence-corrected chi connectivity index (χ2v) is 12.0. The summed E-state index contributed by atoms with van der Waals surface area (Å²) < 4.78 is 8.50. The molecule has 46 heavy (non-hydrogen) atoms. The van der Waals surface area contributed by atoms with Crippen LogP contribution in [0.15, 0.2) is 162 Å². The summed E-state index contributed by atoms with van der Waals surface area (Å²) in [4.78, 5) is 5.22. The molecule has 0 spiro atoms. The number of pyridine rings is 1. The van der Waals surface area contributed by atoms with Crippen molar-refractivity contribution in [2.45, 2.75) is 0 Å². The number of rotatable bonds is 3. The highest BCUT2D eigenvalue weighted by molar-refractivity contribution is 6.15. The molecule has 0 N–H and O–H groups in total. The van der Waals surface area contributed by atoms with Crippen LogP contribution in [0.2, 0.25) is 0 Å². The predicted octanol–water partition coefficient (Wildman–Crippen LogP) is 11.7. The minimum Gasteiger partial charge on any atom is -0.456 e. The average molecular weight is 587 g/mol. The highest BCUT2D eigenvalue weighted by atomic mass is 16.3. The Morgan fingerprint density at radius 1 is 0.391 bits per heavy atom. The molecule has 3 heterocycles. The van der Waals surface area contributed by atoms with Crippen molar-refractivity contribution in [3.05, 3.63) is 158 Å². The van der Waals surface area contributed by atoms with Crippen LogP contribution in [0.4, 0.5) is 0 Å². The molecule has 214 valence electrons. The highest BCUT2D eigenvalue weighted by Gasteiger charge is 2.17. The number of fused-ring (bicyclic) bond motifs is 9. The largest absolute Gasteiger partial charge is 0.456 e. The Kier molecular flexibility index (Phi) is 5.28. The molecule has 3 aromatic heterocycles. The van der Waals surface area contributed by atoms with Gasteiger partial charge in [0.1, 0.15) is 11.2 Å². The minimum atomic E-state index is 0.909. The van der Waals surface area contributed by atoms with Gasteiger partial charge < -0.3 is 8.98 Å². The number of hydrogen-bond donors (Lipinski definition) is 0.